The van der Waals surface area contributed by atoms with E-state index in [1.165, 1.54) is 0 Å². The Kier molecular flexibility index (Phi) is 4.39. The summed E-state index contributed by atoms with van der Waals surface area (Å²) >= 11 is 0. The van der Waals surface area contributed by atoms with Gasteiger partial charge in [0.1, 0.15) is 11.6 Å². The molecule has 0 saturated heterocycles. The van der Waals surface area contributed by atoms with E-state index >= 15 is 0 Å². The third kappa shape index (κ3) is 3.40. The molecule has 120 valence electrons. The predicted octanol–water partition coefficient (Wildman–Crippen LogP) is 2.88. The van der Waals surface area contributed by atoms with Crippen molar-refractivity contribution >= 4 is 5.91 Å². The van der Waals surface area contributed by atoms with Crippen molar-refractivity contribution < 1.29 is 18.7 Å². The number of halogens is 2. The molecule has 0 bridgehead atoms. The summed E-state index contributed by atoms with van der Waals surface area (Å²) < 4.78 is 26.9. The Morgan fingerprint density at radius 3 is 2.65 bits per heavy atom. The molecule has 0 radical (unpaired) electrons. The quantitative estimate of drug-likeness (QED) is 0.891. The van der Waals surface area contributed by atoms with Gasteiger partial charge in [0.05, 0.1) is 6.61 Å². The predicted molar refractivity (Wildman–Crippen MR) is 81.4 cm³/mol. The van der Waals surface area contributed by atoms with Crippen LogP contribution < -0.4 is 5.32 Å². The molecule has 2 unspecified atom stereocenters. The second-order valence-corrected chi connectivity index (χ2v) is 5.76. The molecule has 2 aromatic rings. The van der Waals surface area contributed by atoms with Gasteiger partial charge >= 0.3 is 0 Å². The molecule has 5 heteroatoms. The highest BCUT2D eigenvalue weighted by atomic mass is 19.1. The zero-order valence-electron chi connectivity index (χ0n) is 12.4. The van der Waals surface area contributed by atoms with Gasteiger partial charge in [-0.05, 0) is 47.2 Å². The first-order valence-corrected chi connectivity index (χ1v) is 7.50. The van der Waals surface area contributed by atoms with Gasteiger partial charge < -0.3 is 10.4 Å². The maximum absolute atomic E-state index is 13.7. The van der Waals surface area contributed by atoms with E-state index in [9.17, 15) is 18.7 Å². The van der Waals surface area contributed by atoms with Crippen LogP contribution in [0.2, 0.25) is 0 Å². The number of carbonyl (C=O) groups excluding carboxylic acids is 1. The standard InChI is InChI=1S/C18H17F2NO2/c19-13-5-6-17(20)15(7-13)14-8-16(14)18(23)21-9-11-3-1-2-4-12(11)10-22/h1-7,14,16,22H,8-10H2,(H,21,23). The van der Waals surface area contributed by atoms with E-state index in [1.807, 2.05) is 18.2 Å². The monoisotopic (exact) mass is 317 g/mol. The lowest BCUT2D eigenvalue weighted by Crippen LogP contribution is -2.25. The molecule has 0 heterocycles. The fourth-order valence-corrected chi connectivity index (χ4v) is 2.82. The van der Waals surface area contributed by atoms with E-state index in [1.54, 1.807) is 6.07 Å². The fourth-order valence-electron chi connectivity index (χ4n) is 2.82. The first-order valence-electron chi connectivity index (χ1n) is 7.50. The minimum Gasteiger partial charge on any atom is -0.392 e. The van der Waals surface area contributed by atoms with Crippen molar-refractivity contribution in [3.05, 3.63) is 70.8 Å². The molecule has 2 N–H and O–H groups in total. The van der Waals surface area contributed by atoms with E-state index in [-0.39, 0.29) is 29.9 Å². The molecule has 2 atom stereocenters. The van der Waals surface area contributed by atoms with Gasteiger partial charge in [-0.2, -0.15) is 0 Å². The summed E-state index contributed by atoms with van der Waals surface area (Å²) in [5.41, 5.74) is 1.87. The number of nitrogens with one attached hydrogen (secondary N) is 1. The van der Waals surface area contributed by atoms with E-state index in [4.69, 9.17) is 0 Å². The Hall–Kier alpha value is -2.27. The van der Waals surface area contributed by atoms with Gasteiger partial charge in [0.25, 0.3) is 0 Å². The summed E-state index contributed by atoms with van der Waals surface area (Å²) in [6, 6.07) is 10.6. The van der Waals surface area contributed by atoms with Crippen molar-refractivity contribution in [2.24, 2.45) is 5.92 Å². The summed E-state index contributed by atoms with van der Waals surface area (Å²) in [4.78, 5) is 12.2. The molecular formula is C18H17F2NO2. The highest BCUT2D eigenvalue weighted by Gasteiger charge is 2.45. The van der Waals surface area contributed by atoms with Gasteiger partial charge in [0.15, 0.2) is 0 Å². The fraction of sp³-hybridized carbons (Fsp3) is 0.278. The van der Waals surface area contributed by atoms with Gasteiger partial charge in [-0.3, -0.25) is 4.79 Å². The first-order chi connectivity index (χ1) is 11.1. The van der Waals surface area contributed by atoms with E-state index in [0.717, 1.165) is 29.3 Å². The van der Waals surface area contributed by atoms with Crippen LogP contribution in [-0.2, 0) is 17.9 Å². The molecule has 23 heavy (non-hydrogen) atoms. The second-order valence-electron chi connectivity index (χ2n) is 5.76. The molecule has 0 spiro atoms. The highest BCUT2D eigenvalue weighted by molar-refractivity contribution is 5.82. The molecule has 1 amide bonds. The molecule has 3 nitrogen and oxygen atoms in total. The van der Waals surface area contributed by atoms with Crippen LogP contribution in [0.3, 0.4) is 0 Å². The largest absolute Gasteiger partial charge is 0.392 e. The summed E-state index contributed by atoms with van der Waals surface area (Å²) in [5, 5.41) is 12.1. The first kappa shape index (κ1) is 15.6. The van der Waals surface area contributed by atoms with Crippen molar-refractivity contribution in [3.8, 4) is 0 Å². The SMILES string of the molecule is O=C(NCc1ccccc1CO)C1CC1c1cc(F)ccc1F. The number of hydrogen-bond acceptors (Lipinski definition) is 2. The summed E-state index contributed by atoms with van der Waals surface area (Å²) in [5.74, 6) is -1.74. The Morgan fingerprint density at radius 1 is 1.17 bits per heavy atom. The number of aliphatic hydroxyl groups excluding tert-OH is 1. The smallest absolute Gasteiger partial charge is 0.224 e. The van der Waals surface area contributed by atoms with Crippen LogP contribution in [0.25, 0.3) is 0 Å². The second kappa shape index (κ2) is 6.46. The molecule has 1 saturated carbocycles. The number of carbonyl (C=O) groups is 1. The zero-order valence-corrected chi connectivity index (χ0v) is 12.4. The summed E-state index contributed by atoms with van der Waals surface area (Å²) in [7, 11) is 0. The molecule has 2 aromatic carbocycles. The average molecular weight is 317 g/mol. The zero-order chi connectivity index (χ0) is 16.4. The van der Waals surface area contributed by atoms with Crippen LogP contribution in [0.4, 0.5) is 8.78 Å². The molecule has 1 fully saturated rings. The Morgan fingerprint density at radius 2 is 1.91 bits per heavy atom. The number of rotatable bonds is 5. The van der Waals surface area contributed by atoms with Crippen molar-refractivity contribution in [1.29, 1.82) is 0 Å². The van der Waals surface area contributed by atoms with Crippen molar-refractivity contribution in [3.63, 3.8) is 0 Å². The highest BCUT2D eigenvalue weighted by Crippen LogP contribution is 2.48. The van der Waals surface area contributed by atoms with Gasteiger partial charge in [0, 0.05) is 12.5 Å². The maximum atomic E-state index is 13.7. The topological polar surface area (TPSA) is 49.3 Å². The Labute approximate surface area is 133 Å². The number of benzene rings is 2. The van der Waals surface area contributed by atoms with Crippen LogP contribution >= 0.6 is 0 Å². The molecule has 3 rings (SSSR count). The average Bonchev–Trinajstić information content (AvgIpc) is 3.35. The van der Waals surface area contributed by atoms with Crippen LogP contribution in [0.15, 0.2) is 42.5 Å². The molecule has 0 aliphatic heterocycles. The molecule has 1 aliphatic rings. The van der Waals surface area contributed by atoms with Crippen LogP contribution in [0.5, 0.6) is 0 Å². The van der Waals surface area contributed by atoms with Gasteiger partial charge in [-0.25, -0.2) is 8.78 Å². The lowest BCUT2D eigenvalue weighted by atomic mass is 10.1. The van der Waals surface area contributed by atoms with Crippen LogP contribution in [-0.4, -0.2) is 11.0 Å². The number of amides is 1. The lowest BCUT2D eigenvalue weighted by molar-refractivity contribution is -0.122. The Bertz CT molecular complexity index is 733. The van der Waals surface area contributed by atoms with Crippen molar-refractivity contribution in [1.82, 2.24) is 5.32 Å². The number of aliphatic hydroxyl groups is 1. The third-order valence-electron chi connectivity index (χ3n) is 4.23. The molecule has 0 aromatic heterocycles. The van der Waals surface area contributed by atoms with Gasteiger partial charge in [-0.1, -0.05) is 24.3 Å². The third-order valence-corrected chi connectivity index (χ3v) is 4.23. The number of hydrogen-bond donors (Lipinski definition) is 2. The Balaban J connectivity index is 1.61. The van der Waals surface area contributed by atoms with E-state index in [2.05, 4.69) is 5.32 Å². The minimum atomic E-state index is -0.496. The molecule has 1 aliphatic carbocycles. The lowest BCUT2D eigenvalue weighted by Gasteiger charge is -2.09. The van der Waals surface area contributed by atoms with E-state index < -0.39 is 11.6 Å². The molecular weight excluding hydrogens is 300 g/mol. The minimum absolute atomic E-state index is 0.0907. The maximum Gasteiger partial charge on any atom is 0.224 e. The van der Waals surface area contributed by atoms with Crippen molar-refractivity contribution in [2.75, 3.05) is 0 Å². The summed E-state index contributed by atoms with van der Waals surface area (Å²) in [6.45, 7) is 0.219. The van der Waals surface area contributed by atoms with Gasteiger partial charge in [-0.15, -0.1) is 0 Å². The van der Waals surface area contributed by atoms with Crippen LogP contribution in [0.1, 0.15) is 29.0 Å². The normalized spacial score (nSPS) is 19.4. The van der Waals surface area contributed by atoms with Crippen molar-refractivity contribution in [2.45, 2.75) is 25.5 Å². The van der Waals surface area contributed by atoms with E-state index in [0.29, 0.717) is 13.0 Å². The summed E-state index contributed by atoms with van der Waals surface area (Å²) in [6.07, 6.45) is 0.522. The van der Waals surface area contributed by atoms with Gasteiger partial charge in [0.2, 0.25) is 5.91 Å². The van der Waals surface area contributed by atoms with Crippen LogP contribution in [0, 0.1) is 17.6 Å².